The molecule has 1 aromatic carbocycles. The Morgan fingerprint density at radius 1 is 1.47 bits per heavy atom. The van der Waals surface area contributed by atoms with Crippen molar-refractivity contribution in [3.63, 3.8) is 0 Å². The number of hydrogen-bond acceptors (Lipinski definition) is 5. The maximum absolute atomic E-state index is 12.1. The normalized spacial score (nSPS) is 18.2. The maximum Gasteiger partial charge on any atom is 0.338 e. The van der Waals surface area contributed by atoms with Crippen LogP contribution < -0.4 is 5.32 Å². The summed E-state index contributed by atoms with van der Waals surface area (Å²) in [7, 11) is 0. The van der Waals surface area contributed by atoms with Gasteiger partial charge in [-0.1, -0.05) is 18.2 Å². The van der Waals surface area contributed by atoms with Gasteiger partial charge < -0.3 is 10.1 Å². The van der Waals surface area contributed by atoms with Crippen molar-refractivity contribution in [3.8, 4) is 0 Å². The number of allylic oxidation sites excluding steroid dienone is 1. The molecular formula is C14H16N2O2S. The fraction of sp³-hybridized carbons (Fsp3) is 0.286. The molecule has 0 radical (unpaired) electrons. The zero-order chi connectivity index (χ0) is 13.8. The van der Waals surface area contributed by atoms with Crippen LogP contribution in [0.25, 0.3) is 0 Å². The average Bonchev–Trinajstić information content (AvgIpc) is 2.39. The first-order valence-corrected chi connectivity index (χ1v) is 6.53. The van der Waals surface area contributed by atoms with Crippen molar-refractivity contribution in [2.45, 2.75) is 24.8 Å². The summed E-state index contributed by atoms with van der Waals surface area (Å²) in [4.78, 5) is 17.2. The van der Waals surface area contributed by atoms with Crippen LogP contribution in [0.5, 0.6) is 0 Å². The van der Waals surface area contributed by atoms with Crippen LogP contribution in [0.15, 0.2) is 45.4 Å². The molecule has 1 unspecified atom stereocenters. The molecule has 0 aromatic heterocycles. The molecule has 0 aliphatic carbocycles. The SMILES string of the molecule is CCOC(=O)C1=C(C)NC=NC1c1ccccc1S. The minimum absolute atomic E-state index is 0.342. The van der Waals surface area contributed by atoms with Gasteiger partial charge in [0.1, 0.15) is 6.04 Å². The number of rotatable bonds is 3. The van der Waals surface area contributed by atoms with Gasteiger partial charge in [-0.3, -0.25) is 4.99 Å². The summed E-state index contributed by atoms with van der Waals surface area (Å²) in [5.74, 6) is -0.342. The Labute approximate surface area is 118 Å². The van der Waals surface area contributed by atoms with Gasteiger partial charge in [0.2, 0.25) is 0 Å². The third kappa shape index (κ3) is 2.81. The third-order valence-corrected chi connectivity index (χ3v) is 3.32. The van der Waals surface area contributed by atoms with Crippen molar-refractivity contribution in [1.82, 2.24) is 5.32 Å². The predicted octanol–water partition coefficient (Wildman–Crippen LogP) is 2.49. The molecule has 1 atom stereocenters. The van der Waals surface area contributed by atoms with Gasteiger partial charge in [-0.25, -0.2) is 4.79 Å². The van der Waals surface area contributed by atoms with Crippen LogP contribution in [0.2, 0.25) is 0 Å². The number of carbonyl (C=O) groups excluding carboxylic acids is 1. The lowest BCUT2D eigenvalue weighted by Crippen LogP contribution is -2.25. The Balaban J connectivity index is 2.43. The number of aliphatic imine (C=N–C) groups is 1. The first kappa shape index (κ1) is 13.7. The molecule has 0 amide bonds. The Hall–Kier alpha value is -1.75. The Morgan fingerprint density at radius 2 is 2.21 bits per heavy atom. The summed E-state index contributed by atoms with van der Waals surface area (Å²) in [6.07, 6.45) is 1.60. The van der Waals surface area contributed by atoms with Crippen LogP contribution in [-0.4, -0.2) is 18.9 Å². The van der Waals surface area contributed by atoms with Crippen molar-refractivity contribution >= 4 is 24.9 Å². The molecule has 0 fully saturated rings. The molecule has 0 saturated carbocycles. The Morgan fingerprint density at radius 3 is 2.89 bits per heavy atom. The first-order valence-electron chi connectivity index (χ1n) is 6.09. The van der Waals surface area contributed by atoms with E-state index in [2.05, 4.69) is 22.9 Å². The molecule has 0 bridgehead atoms. The van der Waals surface area contributed by atoms with Gasteiger partial charge in [-0.05, 0) is 25.5 Å². The summed E-state index contributed by atoms with van der Waals surface area (Å²) in [5, 5.41) is 2.95. The molecule has 1 aromatic rings. The molecule has 1 N–H and O–H groups in total. The third-order valence-electron chi connectivity index (χ3n) is 2.91. The lowest BCUT2D eigenvalue weighted by atomic mass is 9.96. The highest BCUT2D eigenvalue weighted by Crippen LogP contribution is 2.33. The molecule has 5 heteroatoms. The van der Waals surface area contributed by atoms with Crippen molar-refractivity contribution in [2.24, 2.45) is 4.99 Å². The highest BCUT2D eigenvalue weighted by molar-refractivity contribution is 7.80. The van der Waals surface area contributed by atoms with Crippen LogP contribution in [0.1, 0.15) is 25.5 Å². The minimum Gasteiger partial charge on any atom is -0.463 e. The molecule has 100 valence electrons. The topological polar surface area (TPSA) is 50.7 Å². The second-order valence-electron chi connectivity index (χ2n) is 4.14. The van der Waals surface area contributed by atoms with Crippen molar-refractivity contribution in [3.05, 3.63) is 41.1 Å². The van der Waals surface area contributed by atoms with Gasteiger partial charge in [0.15, 0.2) is 0 Å². The minimum atomic E-state index is -0.367. The van der Waals surface area contributed by atoms with E-state index >= 15 is 0 Å². The largest absolute Gasteiger partial charge is 0.463 e. The Bertz CT molecular complexity index is 552. The number of nitrogens with zero attached hydrogens (tertiary/aromatic N) is 1. The molecule has 1 heterocycles. The zero-order valence-electron chi connectivity index (χ0n) is 10.9. The molecular weight excluding hydrogens is 260 g/mol. The van der Waals surface area contributed by atoms with Crippen LogP contribution in [0.4, 0.5) is 0 Å². The number of carbonyl (C=O) groups is 1. The van der Waals surface area contributed by atoms with Crippen molar-refractivity contribution in [1.29, 1.82) is 0 Å². The van der Waals surface area contributed by atoms with Crippen LogP contribution in [-0.2, 0) is 9.53 Å². The van der Waals surface area contributed by atoms with Crippen molar-refractivity contribution < 1.29 is 9.53 Å². The summed E-state index contributed by atoms with van der Waals surface area (Å²) >= 11 is 4.43. The van der Waals surface area contributed by atoms with Gasteiger partial charge in [0.25, 0.3) is 0 Å². The standard InChI is InChI=1S/C14H16N2O2S/c1-3-18-14(17)12-9(2)15-8-16-13(12)10-6-4-5-7-11(10)19/h4-8,13,19H,3H2,1-2H3,(H,15,16). The van der Waals surface area contributed by atoms with Crippen LogP contribution >= 0.6 is 12.6 Å². The van der Waals surface area contributed by atoms with E-state index in [9.17, 15) is 4.79 Å². The number of esters is 1. The smallest absolute Gasteiger partial charge is 0.338 e. The van der Waals surface area contributed by atoms with Gasteiger partial charge in [-0.15, -0.1) is 12.6 Å². The van der Waals surface area contributed by atoms with Gasteiger partial charge in [0, 0.05) is 10.6 Å². The van der Waals surface area contributed by atoms with Gasteiger partial charge in [0.05, 0.1) is 18.5 Å². The Kier molecular flexibility index (Phi) is 4.27. The summed E-state index contributed by atoms with van der Waals surface area (Å²) in [6.45, 7) is 3.97. The molecule has 4 nitrogen and oxygen atoms in total. The summed E-state index contributed by atoms with van der Waals surface area (Å²) in [6, 6.07) is 7.24. The predicted molar refractivity (Wildman–Crippen MR) is 77.4 cm³/mol. The van der Waals surface area contributed by atoms with Crippen LogP contribution in [0, 0.1) is 0 Å². The lowest BCUT2D eigenvalue weighted by molar-refractivity contribution is -0.138. The van der Waals surface area contributed by atoms with E-state index in [1.165, 1.54) is 0 Å². The number of thiol groups is 1. The van der Waals surface area contributed by atoms with E-state index < -0.39 is 0 Å². The second-order valence-corrected chi connectivity index (χ2v) is 4.62. The van der Waals surface area contributed by atoms with E-state index in [4.69, 9.17) is 4.74 Å². The summed E-state index contributed by atoms with van der Waals surface area (Å²) in [5.41, 5.74) is 2.19. The van der Waals surface area contributed by atoms with E-state index in [1.54, 1.807) is 13.3 Å². The number of nitrogens with one attached hydrogen (secondary N) is 1. The number of benzene rings is 1. The molecule has 2 rings (SSSR count). The fourth-order valence-corrected chi connectivity index (χ4v) is 2.28. The zero-order valence-corrected chi connectivity index (χ0v) is 11.8. The quantitative estimate of drug-likeness (QED) is 0.659. The van der Waals surface area contributed by atoms with Crippen LogP contribution in [0.3, 0.4) is 0 Å². The highest BCUT2D eigenvalue weighted by atomic mass is 32.1. The first-order chi connectivity index (χ1) is 9.15. The monoisotopic (exact) mass is 276 g/mol. The van der Waals surface area contributed by atoms with E-state index in [-0.39, 0.29) is 12.0 Å². The van der Waals surface area contributed by atoms with Crippen molar-refractivity contribution in [2.75, 3.05) is 6.61 Å². The number of hydrogen-bond donors (Lipinski definition) is 2. The molecule has 1 aliphatic rings. The highest BCUT2D eigenvalue weighted by Gasteiger charge is 2.28. The molecule has 0 spiro atoms. The molecule has 1 aliphatic heterocycles. The maximum atomic E-state index is 12.1. The number of ether oxygens (including phenoxy) is 1. The fourth-order valence-electron chi connectivity index (χ4n) is 1.99. The second kappa shape index (κ2) is 5.93. The van der Waals surface area contributed by atoms with E-state index in [0.717, 1.165) is 16.2 Å². The lowest BCUT2D eigenvalue weighted by Gasteiger charge is -2.23. The molecule has 19 heavy (non-hydrogen) atoms. The average molecular weight is 276 g/mol. The van der Waals surface area contributed by atoms with E-state index in [1.807, 2.05) is 31.2 Å². The van der Waals surface area contributed by atoms with E-state index in [0.29, 0.717) is 12.2 Å². The van der Waals surface area contributed by atoms with Gasteiger partial charge in [-0.2, -0.15) is 0 Å². The molecule has 0 saturated heterocycles. The van der Waals surface area contributed by atoms with Gasteiger partial charge >= 0.3 is 5.97 Å². The summed E-state index contributed by atoms with van der Waals surface area (Å²) < 4.78 is 5.11.